The van der Waals surface area contributed by atoms with Crippen LogP contribution < -0.4 is 0 Å². The summed E-state index contributed by atoms with van der Waals surface area (Å²) in [7, 11) is 0. The minimum Gasteiger partial charge on any atom is -0.309 e. The van der Waals surface area contributed by atoms with Gasteiger partial charge in [0, 0.05) is 44.2 Å². The number of benzene rings is 8. The molecule has 8 aromatic carbocycles. The first kappa shape index (κ1) is 28.0. The average molecular weight is 651 g/mol. The van der Waals surface area contributed by atoms with Crippen molar-refractivity contribution in [2.24, 2.45) is 0 Å². The zero-order chi connectivity index (χ0) is 33.5. The molecule has 0 atom stereocenters. The standard InChI is InChI=1S/C47H30N4/c1-3-13-31(14-4-1)47-48-41-19-9-12-22-44(41)51(47)36-25-23-35(24-26-36)50-43-21-11-8-18-38(43)40-28-32-27-39-37-17-7-10-20-42(37)49(34-15-5-2-6-16-34)45(39)29-33(32)30-46(40)50/h1-30H. The van der Waals surface area contributed by atoms with Crippen LogP contribution in [0.2, 0.25) is 0 Å². The van der Waals surface area contributed by atoms with Crippen LogP contribution in [0, 0.1) is 0 Å². The first-order valence-electron chi connectivity index (χ1n) is 17.4. The van der Waals surface area contributed by atoms with Crippen molar-refractivity contribution in [3.63, 3.8) is 0 Å². The van der Waals surface area contributed by atoms with Gasteiger partial charge >= 0.3 is 0 Å². The molecule has 0 N–H and O–H groups in total. The van der Waals surface area contributed by atoms with Crippen LogP contribution >= 0.6 is 0 Å². The fraction of sp³-hybridized carbons (Fsp3) is 0. The smallest absolute Gasteiger partial charge is 0.145 e. The van der Waals surface area contributed by atoms with Gasteiger partial charge in [-0.05, 0) is 95.7 Å². The Labute approximate surface area is 293 Å². The number of nitrogens with zero attached hydrogens (tertiary/aromatic N) is 4. The second-order valence-corrected chi connectivity index (χ2v) is 13.3. The van der Waals surface area contributed by atoms with Crippen LogP contribution in [0.4, 0.5) is 0 Å². The van der Waals surface area contributed by atoms with Crippen molar-refractivity contribution in [3.05, 3.63) is 182 Å². The second kappa shape index (κ2) is 10.8. The first-order chi connectivity index (χ1) is 25.3. The summed E-state index contributed by atoms with van der Waals surface area (Å²) in [5.74, 6) is 0.937. The van der Waals surface area contributed by atoms with Crippen LogP contribution in [0.5, 0.6) is 0 Å². The number of fused-ring (bicyclic) bond motifs is 8. The topological polar surface area (TPSA) is 27.7 Å². The van der Waals surface area contributed by atoms with E-state index >= 15 is 0 Å². The van der Waals surface area contributed by atoms with Crippen molar-refractivity contribution in [3.8, 4) is 28.5 Å². The minimum absolute atomic E-state index is 0.937. The molecule has 0 radical (unpaired) electrons. The fourth-order valence-electron chi connectivity index (χ4n) is 8.13. The highest BCUT2D eigenvalue weighted by molar-refractivity contribution is 6.18. The van der Waals surface area contributed by atoms with E-state index in [1.54, 1.807) is 0 Å². The van der Waals surface area contributed by atoms with Gasteiger partial charge in [0.15, 0.2) is 0 Å². The lowest BCUT2D eigenvalue weighted by molar-refractivity contribution is 1.09. The van der Waals surface area contributed by atoms with Crippen LogP contribution in [0.15, 0.2) is 182 Å². The molecule has 0 amide bonds. The Morgan fingerprint density at radius 2 is 0.765 bits per heavy atom. The number of hydrogen-bond acceptors (Lipinski definition) is 1. The van der Waals surface area contributed by atoms with E-state index in [0.29, 0.717) is 0 Å². The van der Waals surface area contributed by atoms with Gasteiger partial charge in [-0.25, -0.2) is 4.98 Å². The molecule has 4 heteroatoms. The molecule has 0 aliphatic heterocycles. The van der Waals surface area contributed by atoms with Gasteiger partial charge in [-0.1, -0.05) is 97.1 Å². The normalized spacial score (nSPS) is 11.9. The zero-order valence-electron chi connectivity index (χ0n) is 27.6. The van der Waals surface area contributed by atoms with E-state index in [2.05, 4.69) is 190 Å². The lowest BCUT2D eigenvalue weighted by atomic mass is 10.0. The maximum absolute atomic E-state index is 5.06. The number of imidazole rings is 1. The zero-order valence-corrected chi connectivity index (χ0v) is 27.6. The molecule has 3 heterocycles. The molecule has 0 fully saturated rings. The SMILES string of the molecule is c1ccc(-c2nc3ccccc3n2-c2ccc(-n3c4ccccc4c4cc5cc6c7ccccc7n(-c7ccccc7)c6cc5cc43)cc2)cc1. The van der Waals surface area contributed by atoms with Gasteiger partial charge in [0.25, 0.3) is 0 Å². The summed E-state index contributed by atoms with van der Waals surface area (Å²) in [6, 6.07) is 65.4. The van der Waals surface area contributed by atoms with Crippen LogP contribution in [-0.4, -0.2) is 18.7 Å². The third kappa shape index (κ3) is 4.17. The Balaban J connectivity index is 1.13. The highest BCUT2D eigenvalue weighted by Crippen LogP contribution is 2.39. The third-order valence-electron chi connectivity index (χ3n) is 10.4. The molecular weight excluding hydrogens is 621 g/mol. The Kier molecular flexibility index (Phi) is 5.92. The third-order valence-corrected chi connectivity index (χ3v) is 10.4. The summed E-state index contributed by atoms with van der Waals surface area (Å²) in [6.07, 6.45) is 0. The lowest BCUT2D eigenvalue weighted by Crippen LogP contribution is -1.99. The van der Waals surface area contributed by atoms with Gasteiger partial charge in [0.2, 0.25) is 0 Å². The van der Waals surface area contributed by atoms with Gasteiger partial charge in [0.1, 0.15) is 5.82 Å². The molecule has 0 aliphatic carbocycles. The maximum Gasteiger partial charge on any atom is 0.145 e. The van der Waals surface area contributed by atoms with Crippen molar-refractivity contribution in [1.29, 1.82) is 0 Å². The molecule has 3 aromatic heterocycles. The molecule has 51 heavy (non-hydrogen) atoms. The van der Waals surface area contributed by atoms with E-state index in [9.17, 15) is 0 Å². The van der Waals surface area contributed by atoms with E-state index in [0.717, 1.165) is 33.8 Å². The van der Waals surface area contributed by atoms with Crippen molar-refractivity contribution < 1.29 is 0 Å². The van der Waals surface area contributed by atoms with Crippen LogP contribution in [0.1, 0.15) is 0 Å². The van der Waals surface area contributed by atoms with Gasteiger partial charge in [0.05, 0.1) is 33.1 Å². The van der Waals surface area contributed by atoms with Crippen molar-refractivity contribution in [2.75, 3.05) is 0 Å². The summed E-state index contributed by atoms with van der Waals surface area (Å²) in [5, 5.41) is 7.49. The molecule has 0 spiro atoms. The monoisotopic (exact) mass is 650 g/mol. The molecule has 0 unspecified atom stereocenters. The van der Waals surface area contributed by atoms with E-state index in [-0.39, 0.29) is 0 Å². The lowest BCUT2D eigenvalue weighted by Gasteiger charge is -2.13. The molecule has 0 aliphatic rings. The number of aromatic nitrogens is 4. The van der Waals surface area contributed by atoms with E-state index in [4.69, 9.17) is 4.98 Å². The van der Waals surface area contributed by atoms with E-state index in [1.807, 2.05) is 6.07 Å². The fourth-order valence-corrected chi connectivity index (χ4v) is 8.13. The summed E-state index contributed by atoms with van der Waals surface area (Å²) in [5.41, 5.74) is 11.3. The molecule has 11 rings (SSSR count). The van der Waals surface area contributed by atoms with Gasteiger partial charge in [-0.2, -0.15) is 0 Å². The van der Waals surface area contributed by atoms with Crippen molar-refractivity contribution in [2.45, 2.75) is 0 Å². The summed E-state index contributed by atoms with van der Waals surface area (Å²) in [4.78, 5) is 5.06. The molecule has 0 saturated carbocycles. The largest absolute Gasteiger partial charge is 0.309 e. The summed E-state index contributed by atoms with van der Waals surface area (Å²) >= 11 is 0. The van der Waals surface area contributed by atoms with E-state index in [1.165, 1.54) is 60.1 Å². The van der Waals surface area contributed by atoms with Crippen LogP contribution in [0.3, 0.4) is 0 Å². The first-order valence-corrected chi connectivity index (χ1v) is 17.4. The predicted molar refractivity (Wildman–Crippen MR) is 213 cm³/mol. The highest BCUT2D eigenvalue weighted by Gasteiger charge is 2.18. The molecule has 4 nitrogen and oxygen atoms in total. The van der Waals surface area contributed by atoms with Crippen molar-refractivity contribution in [1.82, 2.24) is 18.7 Å². The number of hydrogen-bond donors (Lipinski definition) is 0. The molecular formula is C47H30N4. The van der Waals surface area contributed by atoms with E-state index < -0.39 is 0 Å². The average Bonchev–Trinajstić information content (AvgIpc) is 3.84. The highest BCUT2D eigenvalue weighted by atomic mass is 15.1. The summed E-state index contributed by atoms with van der Waals surface area (Å²) in [6.45, 7) is 0. The van der Waals surface area contributed by atoms with Crippen LogP contribution in [-0.2, 0) is 0 Å². The Bertz CT molecular complexity index is 3110. The maximum atomic E-state index is 5.06. The minimum atomic E-state index is 0.937. The van der Waals surface area contributed by atoms with Crippen molar-refractivity contribution >= 4 is 65.4 Å². The Morgan fingerprint density at radius 1 is 0.314 bits per heavy atom. The molecule has 0 bridgehead atoms. The van der Waals surface area contributed by atoms with Gasteiger partial charge < -0.3 is 9.13 Å². The second-order valence-electron chi connectivity index (χ2n) is 13.3. The molecule has 11 aromatic rings. The van der Waals surface area contributed by atoms with Crippen LogP contribution in [0.25, 0.3) is 93.9 Å². The quantitative estimate of drug-likeness (QED) is 0.186. The molecule has 238 valence electrons. The predicted octanol–water partition coefficient (Wildman–Crippen LogP) is 12.0. The molecule has 0 saturated heterocycles. The van der Waals surface area contributed by atoms with Gasteiger partial charge in [-0.3, -0.25) is 4.57 Å². The number of para-hydroxylation sites is 5. The Morgan fingerprint density at radius 3 is 1.37 bits per heavy atom. The number of rotatable bonds is 4. The summed E-state index contributed by atoms with van der Waals surface area (Å²) < 4.78 is 7.08. The van der Waals surface area contributed by atoms with Gasteiger partial charge in [-0.15, -0.1) is 0 Å². The Hall–Kier alpha value is -6.91.